The van der Waals surface area contributed by atoms with Crippen molar-refractivity contribution in [1.82, 2.24) is 0 Å². The van der Waals surface area contributed by atoms with E-state index in [4.69, 9.17) is 9.31 Å². The van der Waals surface area contributed by atoms with E-state index in [0.29, 0.717) is 11.9 Å². The Bertz CT molecular complexity index is 660. The maximum absolute atomic E-state index is 11.9. The molecule has 122 valence electrons. The molecule has 1 saturated heterocycles. The zero-order valence-corrected chi connectivity index (χ0v) is 14.2. The number of benzene rings is 1. The second kappa shape index (κ2) is 5.58. The van der Waals surface area contributed by atoms with E-state index in [0.717, 1.165) is 23.1 Å². The summed E-state index contributed by atoms with van der Waals surface area (Å²) in [6, 6.07) is 5.86. The number of Topliss-reactive ketones (excluding diaryl/α,β-unsaturated/α-hetero) is 1. The van der Waals surface area contributed by atoms with Gasteiger partial charge in [-0.3, -0.25) is 4.79 Å². The molecule has 23 heavy (non-hydrogen) atoms. The first kappa shape index (κ1) is 16.4. The van der Waals surface area contributed by atoms with Gasteiger partial charge in [-0.25, -0.2) is 0 Å². The second-order valence-electron chi connectivity index (χ2n) is 7.31. The minimum Gasteiger partial charge on any atom is -0.400 e. The van der Waals surface area contributed by atoms with Gasteiger partial charge in [-0.05, 0) is 56.8 Å². The summed E-state index contributed by atoms with van der Waals surface area (Å²) in [4.78, 5) is 11.9. The van der Waals surface area contributed by atoms with Crippen LogP contribution in [0.15, 0.2) is 23.7 Å². The molecule has 1 heterocycles. The Balaban J connectivity index is 1.89. The number of ketones is 1. The Hall–Kier alpha value is -1.43. The SMILES string of the molecule is CC1(C)OB(C(=Cc2ccc3c(c2)C(=O)CC3)CO)OC1(C)C. The molecule has 1 aromatic rings. The molecule has 3 rings (SSSR count). The van der Waals surface area contributed by atoms with Gasteiger partial charge in [0.15, 0.2) is 5.78 Å². The van der Waals surface area contributed by atoms with Gasteiger partial charge in [0, 0.05) is 12.0 Å². The van der Waals surface area contributed by atoms with Crippen LogP contribution in [0.25, 0.3) is 6.08 Å². The minimum atomic E-state index is -0.575. The van der Waals surface area contributed by atoms with E-state index < -0.39 is 18.3 Å². The lowest BCUT2D eigenvalue weighted by Crippen LogP contribution is -2.41. The van der Waals surface area contributed by atoms with Crippen molar-refractivity contribution in [3.05, 3.63) is 40.4 Å². The highest BCUT2D eigenvalue weighted by Crippen LogP contribution is 2.38. The van der Waals surface area contributed by atoms with Crippen LogP contribution in [0.5, 0.6) is 0 Å². The zero-order valence-electron chi connectivity index (χ0n) is 14.2. The number of rotatable bonds is 3. The van der Waals surface area contributed by atoms with Gasteiger partial charge >= 0.3 is 7.12 Å². The van der Waals surface area contributed by atoms with Crippen LogP contribution < -0.4 is 0 Å². The first-order chi connectivity index (χ1) is 10.7. The molecule has 0 bridgehead atoms. The molecule has 1 aromatic carbocycles. The van der Waals surface area contributed by atoms with Crippen LogP contribution in [0.4, 0.5) is 0 Å². The lowest BCUT2D eigenvalue weighted by Gasteiger charge is -2.32. The normalized spacial score (nSPS) is 22.6. The first-order valence-corrected chi connectivity index (χ1v) is 8.06. The van der Waals surface area contributed by atoms with E-state index in [9.17, 15) is 9.90 Å². The van der Waals surface area contributed by atoms with Gasteiger partial charge < -0.3 is 14.4 Å². The van der Waals surface area contributed by atoms with Crippen molar-refractivity contribution >= 4 is 19.0 Å². The fraction of sp³-hybridized carbons (Fsp3) is 0.500. The van der Waals surface area contributed by atoms with E-state index >= 15 is 0 Å². The van der Waals surface area contributed by atoms with Gasteiger partial charge in [-0.1, -0.05) is 18.2 Å². The fourth-order valence-corrected chi connectivity index (χ4v) is 2.94. The average Bonchev–Trinajstić information content (AvgIpc) is 2.94. The number of aliphatic hydroxyl groups excluding tert-OH is 1. The molecule has 4 nitrogen and oxygen atoms in total. The van der Waals surface area contributed by atoms with Gasteiger partial charge in [0.2, 0.25) is 0 Å². The van der Waals surface area contributed by atoms with Crippen LogP contribution in [-0.2, 0) is 15.7 Å². The van der Waals surface area contributed by atoms with Crippen LogP contribution in [0.1, 0.15) is 55.6 Å². The lowest BCUT2D eigenvalue weighted by molar-refractivity contribution is 0.00578. The van der Waals surface area contributed by atoms with Gasteiger partial charge in [-0.2, -0.15) is 0 Å². The molecule has 5 heteroatoms. The maximum Gasteiger partial charge on any atom is 0.492 e. The molecule has 1 aliphatic heterocycles. The number of carbonyl (C=O) groups excluding carboxylic acids is 1. The van der Waals surface area contributed by atoms with E-state index in [1.54, 1.807) is 0 Å². The Morgan fingerprint density at radius 2 is 1.87 bits per heavy atom. The number of fused-ring (bicyclic) bond motifs is 1. The molecule has 0 unspecified atom stereocenters. The monoisotopic (exact) mass is 314 g/mol. The molecule has 0 amide bonds. The first-order valence-electron chi connectivity index (χ1n) is 8.06. The van der Waals surface area contributed by atoms with E-state index in [1.807, 2.05) is 52.0 Å². The molecule has 1 aliphatic carbocycles. The Labute approximate surface area is 137 Å². The zero-order chi connectivity index (χ0) is 16.8. The molecule has 0 saturated carbocycles. The van der Waals surface area contributed by atoms with Crippen LogP contribution in [0, 0.1) is 0 Å². The number of hydrogen-bond acceptors (Lipinski definition) is 4. The Kier molecular flexibility index (Phi) is 3.99. The summed E-state index contributed by atoms with van der Waals surface area (Å²) in [5.74, 6) is 0.191. The van der Waals surface area contributed by atoms with Crippen molar-refractivity contribution in [2.24, 2.45) is 0 Å². The number of aliphatic hydroxyl groups is 1. The van der Waals surface area contributed by atoms with Gasteiger partial charge in [0.25, 0.3) is 0 Å². The average molecular weight is 314 g/mol. The summed E-state index contributed by atoms with van der Waals surface area (Å²) in [5, 5.41) is 9.74. The summed E-state index contributed by atoms with van der Waals surface area (Å²) < 4.78 is 12.0. The highest BCUT2D eigenvalue weighted by atomic mass is 16.7. The molecular formula is C18H23BO4. The second-order valence-corrected chi connectivity index (χ2v) is 7.31. The molecule has 0 spiro atoms. The van der Waals surface area contributed by atoms with E-state index in [2.05, 4.69) is 0 Å². The van der Waals surface area contributed by atoms with Crippen molar-refractivity contribution in [2.45, 2.75) is 51.7 Å². The van der Waals surface area contributed by atoms with Crippen molar-refractivity contribution in [3.8, 4) is 0 Å². The fourth-order valence-electron chi connectivity index (χ4n) is 2.94. The van der Waals surface area contributed by atoms with Crippen molar-refractivity contribution in [3.63, 3.8) is 0 Å². The largest absolute Gasteiger partial charge is 0.492 e. The number of aryl methyl sites for hydroxylation is 1. The third-order valence-corrected chi connectivity index (χ3v) is 5.15. The standard InChI is InChI=1S/C18H23BO4/c1-17(2)18(3,4)23-19(22-17)14(11-20)9-12-5-6-13-7-8-16(21)15(13)10-12/h5-6,9-10,20H,7-8,11H2,1-4H3. The third-order valence-electron chi connectivity index (χ3n) is 5.15. The predicted molar refractivity (Wildman–Crippen MR) is 90.2 cm³/mol. The molecule has 2 aliphatic rings. The Morgan fingerprint density at radius 1 is 1.22 bits per heavy atom. The minimum absolute atomic E-state index is 0.151. The van der Waals surface area contributed by atoms with Crippen LogP contribution in [-0.4, -0.2) is 35.8 Å². The molecule has 0 aromatic heterocycles. The van der Waals surface area contributed by atoms with Gasteiger partial charge in [-0.15, -0.1) is 0 Å². The Morgan fingerprint density at radius 3 is 2.48 bits per heavy atom. The molecule has 1 N–H and O–H groups in total. The van der Waals surface area contributed by atoms with E-state index in [-0.39, 0.29) is 12.4 Å². The van der Waals surface area contributed by atoms with Crippen LogP contribution in [0.2, 0.25) is 0 Å². The summed E-state index contributed by atoms with van der Waals surface area (Å²) >= 11 is 0. The predicted octanol–water partition coefficient (Wildman–Crippen LogP) is 2.82. The van der Waals surface area contributed by atoms with Crippen molar-refractivity contribution in [1.29, 1.82) is 0 Å². The topological polar surface area (TPSA) is 55.8 Å². The smallest absolute Gasteiger partial charge is 0.400 e. The van der Waals surface area contributed by atoms with E-state index in [1.165, 1.54) is 0 Å². The third kappa shape index (κ3) is 2.89. The highest BCUT2D eigenvalue weighted by Gasteiger charge is 2.52. The molecule has 0 radical (unpaired) electrons. The quantitative estimate of drug-likeness (QED) is 0.872. The maximum atomic E-state index is 11.9. The molecule has 0 atom stereocenters. The highest BCUT2D eigenvalue weighted by molar-refractivity contribution is 6.55. The summed E-state index contributed by atoms with van der Waals surface area (Å²) in [5.41, 5.74) is 2.56. The molecular weight excluding hydrogens is 291 g/mol. The van der Waals surface area contributed by atoms with Crippen LogP contribution >= 0.6 is 0 Å². The number of carbonyl (C=O) groups is 1. The summed E-state index contributed by atoms with van der Waals surface area (Å²) in [6.45, 7) is 7.78. The van der Waals surface area contributed by atoms with Gasteiger partial charge in [0.05, 0.1) is 17.8 Å². The number of hydrogen-bond donors (Lipinski definition) is 1. The molecule has 1 fully saturated rings. The van der Waals surface area contributed by atoms with Crippen molar-refractivity contribution < 1.29 is 19.2 Å². The van der Waals surface area contributed by atoms with Crippen LogP contribution in [0.3, 0.4) is 0 Å². The van der Waals surface area contributed by atoms with Gasteiger partial charge in [0.1, 0.15) is 0 Å². The summed E-state index contributed by atoms with van der Waals surface area (Å²) in [6.07, 6.45) is 3.27. The lowest BCUT2D eigenvalue weighted by atomic mass is 9.77. The summed E-state index contributed by atoms with van der Waals surface area (Å²) in [7, 11) is -0.575. The van der Waals surface area contributed by atoms with Crippen molar-refractivity contribution in [2.75, 3.05) is 6.61 Å².